The number of benzene rings is 1. The summed E-state index contributed by atoms with van der Waals surface area (Å²) < 4.78 is 5.01. The molecule has 0 aliphatic carbocycles. The molecule has 0 bridgehead atoms. The van der Waals surface area contributed by atoms with Gasteiger partial charge in [0.1, 0.15) is 17.6 Å². The number of amides is 1. The van der Waals surface area contributed by atoms with Gasteiger partial charge in [-0.05, 0) is 30.3 Å². The van der Waals surface area contributed by atoms with Crippen LogP contribution in [0.5, 0.6) is 5.75 Å². The molecule has 1 atom stereocenters. The standard InChI is InChI=1S/C13H12ClNO4/c14-9-6-8(3-4-10(9)16)13(18)15-7-11(17)12-2-1-5-19-12/h1-6,11,16-17H,7H2,(H,15,18). The van der Waals surface area contributed by atoms with Crippen LogP contribution < -0.4 is 5.32 Å². The minimum atomic E-state index is -0.911. The van der Waals surface area contributed by atoms with Crippen LogP contribution in [-0.2, 0) is 0 Å². The molecule has 2 aromatic rings. The van der Waals surface area contributed by atoms with Crippen LogP contribution in [0.15, 0.2) is 41.0 Å². The summed E-state index contributed by atoms with van der Waals surface area (Å²) >= 11 is 5.71. The maximum atomic E-state index is 11.8. The van der Waals surface area contributed by atoms with E-state index in [1.54, 1.807) is 12.1 Å². The number of rotatable bonds is 4. The monoisotopic (exact) mass is 281 g/mol. The molecular weight excluding hydrogens is 270 g/mol. The number of halogens is 1. The van der Waals surface area contributed by atoms with Gasteiger partial charge in [-0.15, -0.1) is 0 Å². The van der Waals surface area contributed by atoms with Crippen molar-refractivity contribution in [2.24, 2.45) is 0 Å². The molecule has 0 aliphatic rings. The van der Waals surface area contributed by atoms with E-state index in [9.17, 15) is 15.0 Å². The number of phenols is 1. The van der Waals surface area contributed by atoms with Gasteiger partial charge in [-0.3, -0.25) is 4.79 Å². The fourth-order valence-electron chi connectivity index (χ4n) is 1.52. The first kappa shape index (κ1) is 13.5. The van der Waals surface area contributed by atoms with Gasteiger partial charge in [0, 0.05) is 5.56 Å². The van der Waals surface area contributed by atoms with Crippen LogP contribution in [0.1, 0.15) is 22.2 Å². The number of hydrogen-bond donors (Lipinski definition) is 3. The van der Waals surface area contributed by atoms with Gasteiger partial charge in [0.2, 0.25) is 0 Å². The smallest absolute Gasteiger partial charge is 0.251 e. The van der Waals surface area contributed by atoms with E-state index in [1.165, 1.54) is 24.5 Å². The zero-order valence-corrected chi connectivity index (χ0v) is 10.6. The van der Waals surface area contributed by atoms with Crippen LogP contribution in [-0.4, -0.2) is 22.7 Å². The second kappa shape index (κ2) is 5.77. The van der Waals surface area contributed by atoms with Crippen molar-refractivity contribution in [1.82, 2.24) is 5.32 Å². The van der Waals surface area contributed by atoms with E-state index in [0.29, 0.717) is 11.3 Å². The molecular formula is C13H12ClNO4. The van der Waals surface area contributed by atoms with Gasteiger partial charge in [-0.2, -0.15) is 0 Å². The average molecular weight is 282 g/mol. The summed E-state index contributed by atoms with van der Waals surface area (Å²) in [6.07, 6.45) is 0.534. The topological polar surface area (TPSA) is 82.7 Å². The van der Waals surface area contributed by atoms with Gasteiger partial charge in [-0.25, -0.2) is 0 Å². The van der Waals surface area contributed by atoms with Crippen LogP contribution >= 0.6 is 11.6 Å². The average Bonchev–Trinajstić information content (AvgIpc) is 2.92. The molecule has 0 spiro atoms. The van der Waals surface area contributed by atoms with Crippen molar-refractivity contribution < 1.29 is 19.4 Å². The van der Waals surface area contributed by atoms with Crippen molar-refractivity contribution in [3.05, 3.63) is 52.9 Å². The number of phenolic OH excluding ortho intramolecular Hbond substituents is 1. The highest BCUT2D eigenvalue weighted by Crippen LogP contribution is 2.23. The van der Waals surface area contributed by atoms with E-state index >= 15 is 0 Å². The molecule has 5 nitrogen and oxygen atoms in total. The molecule has 0 saturated carbocycles. The third-order valence-corrected chi connectivity index (χ3v) is 2.84. The lowest BCUT2D eigenvalue weighted by Crippen LogP contribution is -2.28. The minimum absolute atomic E-state index is 0.0187. The van der Waals surface area contributed by atoms with E-state index in [1.807, 2.05) is 0 Å². The number of furan rings is 1. The van der Waals surface area contributed by atoms with Gasteiger partial charge in [0.15, 0.2) is 0 Å². The normalized spacial score (nSPS) is 12.1. The van der Waals surface area contributed by atoms with Crippen LogP contribution in [0.25, 0.3) is 0 Å². The molecule has 2 rings (SSSR count). The lowest BCUT2D eigenvalue weighted by molar-refractivity contribution is 0.0901. The first-order valence-electron chi connectivity index (χ1n) is 5.56. The van der Waals surface area contributed by atoms with E-state index in [-0.39, 0.29) is 17.3 Å². The molecule has 0 fully saturated rings. The quantitative estimate of drug-likeness (QED) is 0.801. The van der Waals surface area contributed by atoms with E-state index in [2.05, 4.69) is 5.32 Å². The molecule has 1 amide bonds. The second-order valence-corrected chi connectivity index (χ2v) is 4.31. The third-order valence-electron chi connectivity index (χ3n) is 2.54. The number of aliphatic hydroxyl groups is 1. The Morgan fingerprint density at radius 1 is 1.42 bits per heavy atom. The molecule has 1 aromatic carbocycles. The van der Waals surface area contributed by atoms with Crippen LogP contribution in [0, 0.1) is 0 Å². The fraction of sp³-hybridized carbons (Fsp3) is 0.154. The van der Waals surface area contributed by atoms with Gasteiger partial charge >= 0.3 is 0 Å². The number of aliphatic hydroxyl groups excluding tert-OH is 1. The Morgan fingerprint density at radius 2 is 2.21 bits per heavy atom. The summed E-state index contributed by atoms with van der Waals surface area (Å²) in [4.78, 5) is 11.8. The van der Waals surface area contributed by atoms with Crippen molar-refractivity contribution in [1.29, 1.82) is 0 Å². The zero-order valence-electron chi connectivity index (χ0n) is 9.84. The summed E-state index contributed by atoms with van der Waals surface area (Å²) in [6.45, 7) is 0.0187. The van der Waals surface area contributed by atoms with Gasteiger partial charge in [0.25, 0.3) is 5.91 Å². The van der Waals surface area contributed by atoms with Gasteiger partial charge in [0.05, 0.1) is 17.8 Å². The SMILES string of the molecule is O=C(NCC(O)c1ccco1)c1ccc(O)c(Cl)c1. The Bertz CT molecular complexity index is 568. The second-order valence-electron chi connectivity index (χ2n) is 3.91. The Balaban J connectivity index is 1.96. The van der Waals surface area contributed by atoms with Crippen molar-refractivity contribution in [2.45, 2.75) is 6.10 Å². The first-order valence-corrected chi connectivity index (χ1v) is 5.94. The predicted octanol–water partition coefficient (Wildman–Crippen LogP) is 2.10. The minimum Gasteiger partial charge on any atom is -0.506 e. The van der Waals surface area contributed by atoms with Crippen molar-refractivity contribution >= 4 is 17.5 Å². The zero-order chi connectivity index (χ0) is 13.8. The van der Waals surface area contributed by atoms with E-state index < -0.39 is 12.0 Å². The van der Waals surface area contributed by atoms with E-state index in [4.69, 9.17) is 16.0 Å². The third kappa shape index (κ3) is 3.27. The van der Waals surface area contributed by atoms with Crippen molar-refractivity contribution in [3.8, 4) is 5.75 Å². The lowest BCUT2D eigenvalue weighted by Gasteiger charge is -2.10. The molecule has 3 N–H and O–H groups in total. The number of carbonyl (C=O) groups is 1. The number of aromatic hydroxyl groups is 1. The number of hydrogen-bond acceptors (Lipinski definition) is 4. The largest absolute Gasteiger partial charge is 0.506 e. The summed E-state index contributed by atoms with van der Waals surface area (Å²) in [6, 6.07) is 7.40. The Hall–Kier alpha value is -1.98. The summed E-state index contributed by atoms with van der Waals surface area (Å²) in [5, 5.41) is 21.6. The predicted molar refractivity (Wildman–Crippen MR) is 69.1 cm³/mol. The summed E-state index contributed by atoms with van der Waals surface area (Å²) in [7, 11) is 0. The van der Waals surface area contributed by atoms with Crippen LogP contribution in [0.2, 0.25) is 5.02 Å². The molecule has 0 aliphatic heterocycles. The Morgan fingerprint density at radius 3 is 2.84 bits per heavy atom. The summed E-state index contributed by atoms with van der Waals surface area (Å²) in [5.41, 5.74) is 0.300. The van der Waals surface area contributed by atoms with Crippen LogP contribution in [0.3, 0.4) is 0 Å². The number of nitrogens with one attached hydrogen (secondary N) is 1. The molecule has 19 heavy (non-hydrogen) atoms. The maximum absolute atomic E-state index is 11.8. The highest BCUT2D eigenvalue weighted by molar-refractivity contribution is 6.32. The fourth-order valence-corrected chi connectivity index (χ4v) is 1.70. The summed E-state index contributed by atoms with van der Waals surface area (Å²) in [5.74, 6) is -0.106. The van der Waals surface area contributed by atoms with E-state index in [0.717, 1.165) is 0 Å². The van der Waals surface area contributed by atoms with Crippen molar-refractivity contribution in [2.75, 3.05) is 6.54 Å². The molecule has 0 saturated heterocycles. The lowest BCUT2D eigenvalue weighted by atomic mass is 10.2. The Kier molecular flexibility index (Phi) is 4.09. The highest BCUT2D eigenvalue weighted by atomic mass is 35.5. The van der Waals surface area contributed by atoms with Gasteiger partial charge < -0.3 is 19.9 Å². The maximum Gasteiger partial charge on any atom is 0.251 e. The highest BCUT2D eigenvalue weighted by Gasteiger charge is 2.13. The molecule has 1 unspecified atom stereocenters. The molecule has 1 heterocycles. The number of carbonyl (C=O) groups excluding carboxylic acids is 1. The molecule has 6 heteroatoms. The molecule has 0 radical (unpaired) electrons. The Labute approximate surface area is 114 Å². The first-order chi connectivity index (χ1) is 9.08. The molecule has 1 aromatic heterocycles. The molecule has 100 valence electrons. The van der Waals surface area contributed by atoms with Crippen molar-refractivity contribution in [3.63, 3.8) is 0 Å². The van der Waals surface area contributed by atoms with Gasteiger partial charge in [-0.1, -0.05) is 11.6 Å². The van der Waals surface area contributed by atoms with Crippen LogP contribution in [0.4, 0.5) is 0 Å².